The molecule has 1 aliphatic heterocycles. The first kappa shape index (κ1) is 23.8. The summed E-state index contributed by atoms with van der Waals surface area (Å²) in [7, 11) is 0. The first-order chi connectivity index (χ1) is 16.4. The first-order valence-electron chi connectivity index (χ1n) is 11.7. The third kappa shape index (κ3) is 4.92. The lowest BCUT2D eigenvalue weighted by Crippen LogP contribution is -2.43. The fraction of sp³-hybridized carbons (Fsp3) is 0.423. The molecule has 8 nitrogen and oxygen atoms in total. The van der Waals surface area contributed by atoms with Crippen molar-refractivity contribution in [3.8, 4) is 11.1 Å². The van der Waals surface area contributed by atoms with Gasteiger partial charge >= 0.3 is 12.1 Å². The Morgan fingerprint density at radius 2 is 1.71 bits per heavy atom. The molecule has 2 unspecified atom stereocenters. The Bertz CT molecular complexity index is 1030. The highest BCUT2D eigenvalue weighted by Crippen LogP contribution is 2.44. The van der Waals surface area contributed by atoms with Gasteiger partial charge in [-0.05, 0) is 35.1 Å². The highest BCUT2D eigenvalue weighted by molar-refractivity contribution is 5.85. The van der Waals surface area contributed by atoms with Gasteiger partial charge in [-0.15, -0.1) is 0 Å². The van der Waals surface area contributed by atoms with E-state index in [0.717, 1.165) is 11.1 Å². The third-order valence-electron chi connectivity index (χ3n) is 6.70. The van der Waals surface area contributed by atoms with Gasteiger partial charge in [-0.25, -0.2) is 9.59 Å². The van der Waals surface area contributed by atoms with Crippen molar-refractivity contribution >= 4 is 18.0 Å². The molecular formula is C26H30N2O6. The van der Waals surface area contributed by atoms with E-state index in [1.54, 1.807) is 6.92 Å². The third-order valence-corrected chi connectivity index (χ3v) is 6.70. The zero-order valence-electron chi connectivity index (χ0n) is 19.1. The Morgan fingerprint density at radius 1 is 1.09 bits per heavy atom. The molecule has 1 fully saturated rings. The van der Waals surface area contributed by atoms with Crippen LogP contribution < -0.4 is 5.32 Å². The highest BCUT2D eigenvalue weighted by atomic mass is 16.5. The number of rotatable bonds is 8. The van der Waals surface area contributed by atoms with E-state index in [0.29, 0.717) is 19.4 Å². The molecule has 3 atom stereocenters. The number of carboxylic acid groups (broad SMARTS) is 1. The number of hydrogen-bond acceptors (Lipinski definition) is 5. The summed E-state index contributed by atoms with van der Waals surface area (Å²) < 4.78 is 5.51. The van der Waals surface area contributed by atoms with Crippen molar-refractivity contribution in [1.82, 2.24) is 10.2 Å². The Kier molecular flexibility index (Phi) is 7.17. The number of benzene rings is 2. The van der Waals surface area contributed by atoms with Gasteiger partial charge in [-0.2, -0.15) is 0 Å². The van der Waals surface area contributed by atoms with Gasteiger partial charge in [0.05, 0.1) is 6.10 Å². The van der Waals surface area contributed by atoms with Gasteiger partial charge in [0.15, 0.2) is 0 Å². The van der Waals surface area contributed by atoms with Crippen LogP contribution in [0, 0.1) is 5.92 Å². The molecule has 8 heteroatoms. The molecule has 0 aromatic heterocycles. The fourth-order valence-corrected chi connectivity index (χ4v) is 4.95. The summed E-state index contributed by atoms with van der Waals surface area (Å²) in [5.74, 6) is -1.80. The lowest BCUT2D eigenvalue weighted by atomic mass is 9.98. The largest absolute Gasteiger partial charge is 0.480 e. The van der Waals surface area contributed by atoms with E-state index in [1.807, 2.05) is 24.3 Å². The second kappa shape index (κ2) is 10.3. The van der Waals surface area contributed by atoms with Crippen LogP contribution in [-0.4, -0.2) is 64.9 Å². The maximum absolute atomic E-state index is 12.6. The van der Waals surface area contributed by atoms with Crippen LogP contribution in [0.25, 0.3) is 11.1 Å². The zero-order chi connectivity index (χ0) is 24.2. The number of hydrogen-bond donors (Lipinski definition) is 3. The van der Waals surface area contributed by atoms with Crippen molar-refractivity contribution in [3.05, 3.63) is 59.7 Å². The standard InChI is InChI=1S/C26H30N2O6/c1-16(24(30)28-14-17(29)13-23(28)25(31)32)7-6-12-27-26(33)34-15-22-20-10-4-2-8-18(20)19-9-3-5-11-21(19)22/h2-5,8-11,16-17,22-23,29H,6-7,12-15H2,1H3,(H,27,33)(H,31,32)/t16?,17?,23-/m0/s1. The predicted octanol–water partition coefficient (Wildman–Crippen LogP) is 2.99. The molecule has 1 aliphatic carbocycles. The summed E-state index contributed by atoms with van der Waals surface area (Å²) in [6.07, 6.45) is -0.231. The Morgan fingerprint density at radius 3 is 2.32 bits per heavy atom. The Balaban J connectivity index is 1.22. The van der Waals surface area contributed by atoms with Crippen LogP contribution in [-0.2, 0) is 14.3 Å². The number of ether oxygens (including phenoxy) is 1. The van der Waals surface area contributed by atoms with Crippen molar-refractivity contribution < 1.29 is 29.3 Å². The van der Waals surface area contributed by atoms with E-state index in [-0.39, 0.29) is 31.4 Å². The summed E-state index contributed by atoms with van der Waals surface area (Å²) >= 11 is 0. The molecule has 0 saturated carbocycles. The van der Waals surface area contributed by atoms with Gasteiger partial charge in [0.1, 0.15) is 12.6 Å². The smallest absolute Gasteiger partial charge is 0.407 e. The van der Waals surface area contributed by atoms with Crippen molar-refractivity contribution in [2.45, 2.75) is 44.2 Å². The fourth-order valence-electron chi connectivity index (χ4n) is 4.95. The average Bonchev–Trinajstić information content (AvgIpc) is 3.38. The molecule has 2 aliphatic rings. The zero-order valence-corrected chi connectivity index (χ0v) is 19.1. The molecule has 4 rings (SSSR count). The molecule has 0 radical (unpaired) electrons. The number of fused-ring (bicyclic) bond motifs is 3. The van der Waals surface area contributed by atoms with Gasteiger partial charge in [0.25, 0.3) is 0 Å². The molecular weight excluding hydrogens is 436 g/mol. The normalized spacial score (nSPS) is 19.9. The van der Waals surface area contributed by atoms with Gasteiger partial charge in [-0.1, -0.05) is 55.5 Å². The minimum atomic E-state index is -1.10. The number of aliphatic hydroxyl groups is 1. The van der Waals surface area contributed by atoms with Crippen molar-refractivity contribution in [3.63, 3.8) is 0 Å². The van der Waals surface area contributed by atoms with Crippen LogP contribution in [0.15, 0.2) is 48.5 Å². The number of carbonyl (C=O) groups excluding carboxylic acids is 2. The number of amides is 2. The van der Waals surface area contributed by atoms with Crippen molar-refractivity contribution in [2.24, 2.45) is 5.92 Å². The second-order valence-corrected chi connectivity index (χ2v) is 9.03. The maximum atomic E-state index is 12.6. The number of β-amino-alcohol motifs (C(OH)–C–C–N with tert-alkyl or cyclic N) is 1. The van der Waals surface area contributed by atoms with Crippen LogP contribution in [0.4, 0.5) is 4.79 Å². The predicted molar refractivity (Wildman–Crippen MR) is 125 cm³/mol. The second-order valence-electron chi connectivity index (χ2n) is 9.03. The van der Waals surface area contributed by atoms with E-state index >= 15 is 0 Å². The number of nitrogens with zero attached hydrogens (tertiary/aromatic N) is 1. The minimum Gasteiger partial charge on any atom is -0.480 e. The van der Waals surface area contributed by atoms with Crippen LogP contribution in [0.1, 0.15) is 43.2 Å². The lowest BCUT2D eigenvalue weighted by molar-refractivity contribution is -0.149. The molecule has 2 aromatic rings. The summed E-state index contributed by atoms with van der Waals surface area (Å²) in [4.78, 5) is 37.5. The van der Waals surface area contributed by atoms with Crippen LogP contribution in [0.5, 0.6) is 0 Å². The topological polar surface area (TPSA) is 116 Å². The van der Waals surface area contributed by atoms with E-state index in [2.05, 4.69) is 29.6 Å². The molecule has 0 bridgehead atoms. The van der Waals surface area contributed by atoms with Crippen LogP contribution in [0.3, 0.4) is 0 Å². The van der Waals surface area contributed by atoms with Crippen molar-refractivity contribution in [1.29, 1.82) is 0 Å². The Labute approximate surface area is 198 Å². The summed E-state index contributed by atoms with van der Waals surface area (Å²) in [6, 6.07) is 15.3. The number of carboxylic acids is 1. The van der Waals surface area contributed by atoms with Gasteiger partial charge in [0, 0.05) is 31.3 Å². The molecule has 2 aromatic carbocycles. The van der Waals surface area contributed by atoms with Gasteiger partial charge in [-0.3, -0.25) is 4.79 Å². The summed E-state index contributed by atoms with van der Waals surface area (Å²) in [5, 5.41) is 21.8. The number of carbonyl (C=O) groups is 3. The monoisotopic (exact) mass is 466 g/mol. The van der Waals surface area contributed by atoms with Crippen LogP contribution >= 0.6 is 0 Å². The summed E-state index contributed by atoms with van der Waals surface area (Å²) in [6.45, 7) is 2.36. The molecule has 3 N–H and O–H groups in total. The summed E-state index contributed by atoms with van der Waals surface area (Å²) in [5.41, 5.74) is 4.63. The van der Waals surface area contributed by atoms with Gasteiger partial charge in [0.2, 0.25) is 5.91 Å². The Hall–Kier alpha value is -3.39. The molecule has 180 valence electrons. The van der Waals surface area contributed by atoms with Gasteiger partial charge < -0.3 is 25.2 Å². The molecule has 1 saturated heterocycles. The first-order valence-corrected chi connectivity index (χ1v) is 11.7. The van der Waals surface area contributed by atoms with E-state index in [9.17, 15) is 24.6 Å². The molecule has 2 amide bonds. The minimum absolute atomic E-state index is 0.00575. The molecule has 0 spiro atoms. The average molecular weight is 467 g/mol. The lowest BCUT2D eigenvalue weighted by Gasteiger charge is -2.24. The van der Waals surface area contributed by atoms with E-state index < -0.39 is 30.1 Å². The highest BCUT2D eigenvalue weighted by Gasteiger charge is 2.40. The molecule has 34 heavy (non-hydrogen) atoms. The number of nitrogens with one attached hydrogen (secondary N) is 1. The quantitative estimate of drug-likeness (QED) is 0.515. The van der Waals surface area contributed by atoms with E-state index in [1.165, 1.54) is 16.0 Å². The molecule has 1 heterocycles. The number of likely N-dealkylation sites (tertiary alicyclic amines) is 1. The number of alkyl carbamates (subject to hydrolysis) is 1. The maximum Gasteiger partial charge on any atom is 0.407 e. The van der Waals surface area contributed by atoms with Crippen molar-refractivity contribution in [2.75, 3.05) is 19.7 Å². The van der Waals surface area contributed by atoms with E-state index in [4.69, 9.17) is 4.74 Å². The van der Waals surface area contributed by atoms with Crippen LogP contribution in [0.2, 0.25) is 0 Å². The number of aliphatic hydroxyl groups excluding tert-OH is 1. The number of aliphatic carboxylic acids is 1. The SMILES string of the molecule is CC(CCCNC(=O)OCC1c2ccccc2-c2ccccc21)C(=O)N1CC(O)C[C@H]1C(=O)O.